The molecular weight excluding hydrogens is 264 g/mol. The Kier molecular flexibility index (Phi) is 4.38. The van der Waals surface area contributed by atoms with E-state index in [2.05, 4.69) is 0 Å². The first-order chi connectivity index (χ1) is 10.0. The van der Waals surface area contributed by atoms with Crippen LogP contribution in [0.3, 0.4) is 0 Å². The Morgan fingerprint density at radius 3 is 1.62 bits per heavy atom. The highest BCUT2D eigenvalue weighted by molar-refractivity contribution is 5.93. The molecule has 2 aromatic rings. The number of primary amides is 2. The lowest BCUT2D eigenvalue weighted by atomic mass is 9.80. The van der Waals surface area contributed by atoms with Crippen LogP contribution < -0.4 is 11.5 Å². The van der Waals surface area contributed by atoms with Crippen LogP contribution in [0.1, 0.15) is 28.5 Å². The monoisotopic (exact) mass is 282 g/mol. The summed E-state index contributed by atoms with van der Waals surface area (Å²) in [4.78, 5) is 23.8. The zero-order valence-corrected chi connectivity index (χ0v) is 11.8. The maximum absolute atomic E-state index is 11.9. The van der Waals surface area contributed by atoms with Crippen LogP contribution in [-0.4, -0.2) is 11.8 Å². The maximum atomic E-state index is 11.9. The van der Waals surface area contributed by atoms with Gasteiger partial charge in [-0.05, 0) is 18.1 Å². The van der Waals surface area contributed by atoms with Crippen LogP contribution in [0.5, 0.6) is 0 Å². The highest BCUT2D eigenvalue weighted by atomic mass is 16.2. The summed E-state index contributed by atoms with van der Waals surface area (Å²) in [5.74, 6) is -2.67. The number of benzene rings is 2. The minimum atomic E-state index is -0.773. The Morgan fingerprint density at radius 1 is 0.762 bits per heavy atom. The van der Waals surface area contributed by atoms with Gasteiger partial charge in [0.25, 0.3) is 0 Å². The molecule has 0 spiro atoms. The summed E-state index contributed by atoms with van der Waals surface area (Å²) in [6, 6.07) is 16.4. The summed E-state index contributed by atoms with van der Waals surface area (Å²) < 4.78 is 0. The van der Waals surface area contributed by atoms with E-state index in [-0.39, 0.29) is 0 Å². The van der Waals surface area contributed by atoms with E-state index >= 15 is 0 Å². The second-order valence-corrected chi connectivity index (χ2v) is 5.08. The molecule has 0 saturated carbocycles. The van der Waals surface area contributed by atoms with Crippen LogP contribution in [0.2, 0.25) is 0 Å². The van der Waals surface area contributed by atoms with Gasteiger partial charge >= 0.3 is 0 Å². The Morgan fingerprint density at radius 2 is 1.19 bits per heavy atom. The molecule has 0 aromatic heterocycles. The summed E-state index contributed by atoms with van der Waals surface area (Å²) >= 11 is 0. The molecule has 4 heteroatoms. The number of amides is 2. The standard InChI is InChI=1S/C17H18N2O2/c1-11-7-9-13(10-8-11)15(17(19)21)14(16(18)20)12-5-3-2-4-6-12/h2-10,14-15H,1H3,(H2,18,20)(H2,19,21)/t14-,15-/m0/s1. The highest BCUT2D eigenvalue weighted by Crippen LogP contribution is 2.32. The van der Waals surface area contributed by atoms with Gasteiger partial charge in [0.15, 0.2) is 0 Å². The first-order valence-electron chi connectivity index (χ1n) is 6.71. The second kappa shape index (κ2) is 6.22. The third-order valence-corrected chi connectivity index (χ3v) is 3.54. The van der Waals surface area contributed by atoms with Crippen LogP contribution in [0.4, 0.5) is 0 Å². The summed E-state index contributed by atoms with van der Waals surface area (Å²) in [5.41, 5.74) is 13.5. The van der Waals surface area contributed by atoms with Gasteiger partial charge in [0.2, 0.25) is 11.8 Å². The van der Waals surface area contributed by atoms with Crippen molar-refractivity contribution < 1.29 is 9.59 Å². The Labute approximate surface area is 123 Å². The average molecular weight is 282 g/mol. The van der Waals surface area contributed by atoms with Crippen molar-refractivity contribution in [3.8, 4) is 0 Å². The minimum absolute atomic E-state index is 0.563. The van der Waals surface area contributed by atoms with Crippen molar-refractivity contribution in [2.45, 2.75) is 18.8 Å². The smallest absolute Gasteiger partial charge is 0.226 e. The molecule has 0 saturated heterocycles. The third kappa shape index (κ3) is 3.28. The quantitative estimate of drug-likeness (QED) is 0.876. The van der Waals surface area contributed by atoms with Gasteiger partial charge in [0, 0.05) is 0 Å². The number of carbonyl (C=O) groups is 2. The van der Waals surface area contributed by atoms with Crippen molar-refractivity contribution in [3.63, 3.8) is 0 Å². The predicted octanol–water partition coefficient (Wildman–Crippen LogP) is 1.83. The summed E-state index contributed by atoms with van der Waals surface area (Å²) in [6.45, 7) is 1.95. The molecule has 0 aliphatic heterocycles. The van der Waals surface area contributed by atoms with Crippen LogP contribution >= 0.6 is 0 Å². The maximum Gasteiger partial charge on any atom is 0.226 e. The molecule has 0 unspecified atom stereocenters. The number of hydrogen-bond acceptors (Lipinski definition) is 2. The first-order valence-corrected chi connectivity index (χ1v) is 6.71. The fourth-order valence-corrected chi connectivity index (χ4v) is 2.48. The van der Waals surface area contributed by atoms with E-state index < -0.39 is 23.7 Å². The Balaban J connectivity index is 2.50. The topological polar surface area (TPSA) is 86.2 Å². The molecule has 108 valence electrons. The van der Waals surface area contributed by atoms with Crippen LogP contribution in [0.25, 0.3) is 0 Å². The molecular formula is C17H18N2O2. The molecule has 2 atom stereocenters. The minimum Gasteiger partial charge on any atom is -0.369 e. The van der Waals surface area contributed by atoms with Crippen LogP contribution in [0.15, 0.2) is 54.6 Å². The van der Waals surface area contributed by atoms with Gasteiger partial charge in [-0.1, -0.05) is 60.2 Å². The number of carbonyl (C=O) groups excluding carboxylic acids is 2. The van der Waals surface area contributed by atoms with E-state index in [0.717, 1.165) is 5.56 Å². The van der Waals surface area contributed by atoms with Gasteiger partial charge in [0.05, 0.1) is 11.8 Å². The Bertz CT molecular complexity index is 636. The lowest BCUT2D eigenvalue weighted by Crippen LogP contribution is -2.34. The molecule has 0 radical (unpaired) electrons. The second-order valence-electron chi connectivity index (χ2n) is 5.08. The molecule has 4 N–H and O–H groups in total. The molecule has 2 aromatic carbocycles. The van der Waals surface area contributed by atoms with Crippen molar-refractivity contribution in [2.75, 3.05) is 0 Å². The molecule has 0 bridgehead atoms. The van der Waals surface area contributed by atoms with E-state index in [0.29, 0.717) is 11.1 Å². The average Bonchev–Trinajstić information content (AvgIpc) is 2.46. The zero-order valence-electron chi connectivity index (χ0n) is 11.8. The molecule has 0 heterocycles. The van der Waals surface area contributed by atoms with Crippen LogP contribution in [0, 0.1) is 6.92 Å². The molecule has 21 heavy (non-hydrogen) atoms. The van der Waals surface area contributed by atoms with Crippen molar-refractivity contribution in [2.24, 2.45) is 11.5 Å². The van der Waals surface area contributed by atoms with Crippen molar-refractivity contribution >= 4 is 11.8 Å². The molecule has 0 aliphatic carbocycles. The molecule has 2 amide bonds. The van der Waals surface area contributed by atoms with Crippen LogP contribution in [-0.2, 0) is 9.59 Å². The lowest BCUT2D eigenvalue weighted by Gasteiger charge is -2.23. The van der Waals surface area contributed by atoms with Gasteiger partial charge in [-0.3, -0.25) is 9.59 Å². The number of rotatable bonds is 5. The number of hydrogen-bond donors (Lipinski definition) is 2. The van der Waals surface area contributed by atoms with Crippen molar-refractivity contribution in [1.82, 2.24) is 0 Å². The molecule has 2 rings (SSSR count). The third-order valence-electron chi connectivity index (χ3n) is 3.54. The molecule has 0 aliphatic rings. The van der Waals surface area contributed by atoms with Gasteiger partial charge in [-0.25, -0.2) is 0 Å². The van der Waals surface area contributed by atoms with Gasteiger partial charge in [-0.15, -0.1) is 0 Å². The van der Waals surface area contributed by atoms with E-state index in [9.17, 15) is 9.59 Å². The lowest BCUT2D eigenvalue weighted by molar-refractivity contribution is -0.126. The number of nitrogens with two attached hydrogens (primary N) is 2. The summed E-state index contributed by atoms with van der Waals surface area (Å²) in [5, 5.41) is 0. The van der Waals surface area contributed by atoms with Gasteiger partial charge in [0.1, 0.15) is 0 Å². The number of aryl methyl sites for hydroxylation is 1. The molecule has 0 fully saturated rings. The summed E-state index contributed by atoms with van der Waals surface area (Å²) in [7, 11) is 0. The van der Waals surface area contributed by atoms with E-state index in [1.807, 2.05) is 37.3 Å². The Hall–Kier alpha value is -2.62. The largest absolute Gasteiger partial charge is 0.369 e. The fourth-order valence-electron chi connectivity index (χ4n) is 2.48. The van der Waals surface area contributed by atoms with E-state index in [1.165, 1.54) is 0 Å². The van der Waals surface area contributed by atoms with E-state index in [4.69, 9.17) is 11.5 Å². The van der Waals surface area contributed by atoms with Crippen molar-refractivity contribution in [1.29, 1.82) is 0 Å². The predicted molar refractivity (Wildman–Crippen MR) is 81.5 cm³/mol. The SMILES string of the molecule is Cc1ccc([C@H](C(N)=O)[C@@H](C(N)=O)c2ccccc2)cc1. The molecule has 4 nitrogen and oxygen atoms in total. The zero-order chi connectivity index (χ0) is 15.4. The first kappa shape index (κ1) is 14.8. The van der Waals surface area contributed by atoms with E-state index in [1.54, 1.807) is 24.3 Å². The normalized spacial score (nSPS) is 13.4. The van der Waals surface area contributed by atoms with Gasteiger partial charge in [-0.2, -0.15) is 0 Å². The van der Waals surface area contributed by atoms with Gasteiger partial charge < -0.3 is 11.5 Å². The fraction of sp³-hybridized carbons (Fsp3) is 0.176. The highest BCUT2D eigenvalue weighted by Gasteiger charge is 2.33. The summed E-state index contributed by atoms with van der Waals surface area (Å²) in [6.07, 6.45) is 0. The van der Waals surface area contributed by atoms with Crippen molar-refractivity contribution in [3.05, 3.63) is 71.3 Å².